The van der Waals surface area contributed by atoms with Gasteiger partial charge in [0.05, 0.1) is 0 Å². The van der Waals surface area contributed by atoms with E-state index in [0.717, 1.165) is 5.56 Å². The van der Waals surface area contributed by atoms with Gasteiger partial charge < -0.3 is 14.6 Å². The zero-order chi connectivity index (χ0) is 21.4. The molecule has 0 heterocycles. The van der Waals surface area contributed by atoms with Gasteiger partial charge in [-0.25, -0.2) is 4.79 Å². The van der Waals surface area contributed by atoms with Crippen LogP contribution in [0.2, 0.25) is 0 Å². The molecule has 0 aliphatic carbocycles. The predicted molar refractivity (Wildman–Crippen MR) is 120 cm³/mol. The van der Waals surface area contributed by atoms with Crippen molar-refractivity contribution >= 4 is 12.0 Å². The van der Waals surface area contributed by atoms with Gasteiger partial charge >= 0.3 is 5.97 Å². The van der Waals surface area contributed by atoms with E-state index in [9.17, 15) is 9.90 Å². The van der Waals surface area contributed by atoms with Crippen molar-refractivity contribution in [2.24, 2.45) is 0 Å². The molecule has 0 aliphatic heterocycles. The monoisotopic (exact) mass is 402 g/mol. The van der Waals surface area contributed by atoms with Crippen molar-refractivity contribution in [3.8, 4) is 22.6 Å². The Hall–Kier alpha value is -3.53. The van der Waals surface area contributed by atoms with Crippen LogP contribution >= 0.6 is 0 Å². The van der Waals surface area contributed by atoms with E-state index in [2.05, 4.69) is 36.4 Å². The van der Waals surface area contributed by atoms with E-state index < -0.39 is 11.6 Å². The summed E-state index contributed by atoms with van der Waals surface area (Å²) in [5.41, 5.74) is 2.26. The minimum Gasteiger partial charge on any atom is -0.490 e. The molecule has 4 nitrogen and oxygen atoms in total. The number of carboxylic acids is 1. The van der Waals surface area contributed by atoms with Crippen molar-refractivity contribution in [1.82, 2.24) is 0 Å². The molecule has 0 radical (unpaired) electrons. The van der Waals surface area contributed by atoms with Gasteiger partial charge in [0, 0.05) is 0 Å². The smallest absolute Gasteiger partial charge is 0.347 e. The normalized spacial score (nSPS) is 13.0. The van der Waals surface area contributed by atoms with Gasteiger partial charge in [0.1, 0.15) is 18.1 Å². The topological polar surface area (TPSA) is 55.8 Å². The summed E-state index contributed by atoms with van der Waals surface area (Å²) in [4.78, 5) is 11.3. The van der Waals surface area contributed by atoms with Crippen LogP contribution < -0.4 is 9.47 Å². The third kappa shape index (κ3) is 5.51. The summed E-state index contributed by atoms with van der Waals surface area (Å²) in [6.07, 6.45) is 4.35. The maximum atomic E-state index is 11.3. The molecule has 0 aromatic heterocycles. The standard InChI is InChI=1S/C26H26O4/c1-3-26(2,25(27)28)30-24-17-15-23(16-18-24)29-19-7-8-20-11-13-22(14-12-20)21-9-5-4-6-10-21/h4-18H,3,19H2,1-2H3,(H,27,28)/b8-7+/t26-/m0/s1. The van der Waals surface area contributed by atoms with Gasteiger partial charge in [-0.1, -0.05) is 67.6 Å². The molecule has 3 aromatic rings. The van der Waals surface area contributed by atoms with Crippen molar-refractivity contribution in [1.29, 1.82) is 0 Å². The summed E-state index contributed by atoms with van der Waals surface area (Å²) in [7, 11) is 0. The van der Waals surface area contributed by atoms with Crippen molar-refractivity contribution < 1.29 is 19.4 Å². The molecule has 1 atom stereocenters. The molecule has 0 unspecified atom stereocenters. The molecule has 3 rings (SSSR count). The number of ether oxygens (including phenoxy) is 2. The number of rotatable bonds is 9. The lowest BCUT2D eigenvalue weighted by molar-refractivity contribution is -0.154. The van der Waals surface area contributed by atoms with Gasteiger partial charge in [0.25, 0.3) is 0 Å². The Balaban J connectivity index is 1.51. The Morgan fingerprint density at radius 2 is 1.50 bits per heavy atom. The van der Waals surface area contributed by atoms with Crippen LogP contribution in [0.25, 0.3) is 17.2 Å². The van der Waals surface area contributed by atoms with Crippen LogP contribution in [0.15, 0.2) is 84.9 Å². The third-order valence-corrected chi connectivity index (χ3v) is 4.97. The fourth-order valence-electron chi connectivity index (χ4n) is 2.88. The highest BCUT2D eigenvalue weighted by atomic mass is 16.5. The Morgan fingerprint density at radius 3 is 2.10 bits per heavy atom. The van der Waals surface area contributed by atoms with Gasteiger partial charge in [-0.15, -0.1) is 0 Å². The lowest BCUT2D eigenvalue weighted by Gasteiger charge is -2.24. The van der Waals surface area contributed by atoms with Gasteiger partial charge in [-0.05, 0) is 60.4 Å². The molecule has 0 saturated carbocycles. The molecule has 4 heteroatoms. The Bertz CT molecular complexity index is 976. The average Bonchev–Trinajstić information content (AvgIpc) is 2.78. The summed E-state index contributed by atoms with van der Waals surface area (Å²) >= 11 is 0. The van der Waals surface area contributed by atoms with E-state index in [1.807, 2.05) is 30.4 Å². The van der Waals surface area contributed by atoms with Gasteiger partial charge in [0.2, 0.25) is 5.60 Å². The second kappa shape index (κ2) is 9.79. The number of benzene rings is 3. The SMILES string of the molecule is CC[C@](C)(Oc1ccc(OC/C=C/c2ccc(-c3ccccc3)cc2)cc1)C(=O)O. The van der Waals surface area contributed by atoms with Crippen LogP contribution in [0.4, 0.5) is 0 Å². The quantitative estimate of drug-likeness (QED) is 0.471. The summed E-state index contributed by atoms with van der Waals surface area (Å²) in [5.74, 6) is 0.218. The maximum absolute atomic E-state index is 11.3. The van der Waals surface area contributed by atoms with Crippen LogP contribution in [-0.4, -0.2) is 23.3 Å². The summed E-state index contributed by atoms with van der Waals surface area (Å²) < 4.78 is 11.3. The number of hydrogen-bond acceptors (Lipinski definition) is 3. The molecule has 0 fully saturated rings. The van der Waals surface area contributed by atoms with Crippen molar-refractivity contribution in [2.75, 3.05) is 6.61 Å². The average molecular weight is 402 g/mol. The van der Waals surface area contributed by atoms with E-state index in [1.54, 1.807) is 38.1 Å². The Morgan fingerprint density at radius 1 is 0.900 bits per heavy atom. The largest absolute Gasteiger partial charge is 0.490 e. The highest BCUT2D eigenvalue weighted by Crippen LogP contribution is 2.24. The predicted octanol–water partition coefficient (Wildman–Crippen LogP) is 6.08. The van der Waals surface area contributed by atoms with Crippen LogP contribution in [0, 0.1) is 0 Å². The number of hydrogen-bond donors (Lipinski definition) is 1. The molecule has 0 spiro atoms. The maximum Gasteiger partial charge on any atom is 0.347 e. The first-order valence-corrected chi connectivity index (χ1v) is 9.97. The number of aliphatic carboxylic acids is 1. The zero-order valence-electron chi connectivity index (χ0n) is 17.2. The number of carboxylic acid groups (broad SMARTS) is 1. The van der Waals surface area contributed by atoms with Crippen molar-refractivity contribution in [3.05, 3.63) is 90.5 Å². The molecule has 1 N–H and O–H groups in total. The first-order chi connectivity index (χ1) is 14.5. The number of carbonyl (C=O) groups is 1. The van der Waals surface area contributed by atoms with Crippen LogP contribution in [0.3, 0.4) is 0 Å². The fraction of sp³-hybridized carbons (Fsp3) is 0.192. The molecule has 0 amide bonds. The molecular weight excluding hydrogens is 376 g/mol. The molecule has 0 bridgehead atoms. The summed E-state index contributed by atoms with van der Waals surface area (Å²) in [6, 6.07) is 25.6. The summed E-state index contributed by atoms with van der Waals surface area (Å²) in [6.45, 7) is 3.78. The van der Waals surface area contributed by atoms with E-state index in [0.29, 0.717) is 24.5 Å². The fourth-order valence-corrected chi connectivity index (χ4v) is 2.88. The highest BCUT2D eigenvalue weighted by Gasteiger charge is 2.33. The van der Waals surface area contributed by atoms with Crippen LogP contribution in [-0.2, 0) is 4.79 Å². The molecular formula is C26H26O4. The van der Waals surface area contributed by atoms with Crippen LogP contribution in [0.5, 0.6) is 11.5 Å². The molecule has 154 valence electrons. The molecule has 3 aromatic carbocycles. The highest BCUT2D eigenvalue weighted by molar-refractivity contribution is 5.77. The third-order valence-electron chi connectivity index (χ3n) is 4.97. The van der Waals surface area contributed by atoms with Crippen molar-refractivity contribution in [3.63, 3.8) is 0 Å². The lowest BCUT2D eigenvalue weighted by atomic mass is 10.0. The van der Waals surface area contributed by atoms with Gasteiger partial charge in [0.15, 0.2) is 0 Å². The minimum absolute atomic E-state index is 0.373. The van der Waals surface area contributed by atoms with Gasteiger partial charge in [-0.2, -0.15) is 0 Å². The van der Waals surface area contributed by atoms with Gasteiger partial charge in [-0.3, -0.25) is 0 Å². The zero-order valence-corrected chi connectivity index (χ0v) is 17.2. The lowest BCUT2D eigenvalue weighted by Crippen LogP contribution is -2.40. The molecule has 30 heavy (non-hydrogen) atoms. The second-order valence-electron chi connectivity index (χ2n) is 7.16. The van der Waals surface area contributed by atoms with E-state index in [-0.39, 0.29) is 0 Å². The minimum atomic E-state index is -1.23. The summed E-state index contributed by atoms with van der Waals surface area (Å²) in [5, 5.41) is 9.30. The first-order valence-electron chi connectivity index (χ1n) is 9.97. The molecule has 0 saturated heterocycles. The molecule has 0 aliphatic rings. The van der Waals surface area contributed by atoms with E-state index in [4.69, 9.17) is 9.47 Å². The first kappa shape index (κ1) is 21.2. The van der Waals surface area contributed by atoms with Crippen LogP contribution in [0.1, 0.15) is 25.8 Å². The van der Waals surface area contributed by atoms with E-state index in [1.165, 1.54) is 11.1 Å². The Kier molecular flexibility index (Phi) is 6.91. The van der Waals surface area contributed by atoms with E-state index >= 15 is 0 Å². The van der Waals surface area contributed by atoms with Crippen molar-refractivity contribution in [2.45, 2.75) is 25.9 Å². The Labute approximate surface area is 177 Å². The second-order valence-corrected chi connectivity index (χ2v) is 7.16.